The second kappa shape index (κ2) is 18.6. The molecule has 1 heterocycles. The molecule has 2 amide bonds. The van der Waals surface area contributed by atoms with Gasteiger partial charge < -0.3 is 39.6 Å². The molecule has 11 heteroatoms. The predicted molar refractivity (Wildman–Crippen MR) is 161 cm³/mol. The van der Waals surface area contributed by atoms with Crippen LogP contribution in [0.15, 0.2) is 42.5 Å². The lowest BCUT2D eigenvalue weighted by Crippen LogP contribution is -2.41. The maximum atomic E-state index is 13.5. The summed E-state index contributed by atoms with van der Waals surface area (Å²) in [6, 6.07) is 12.9. The number of carbonyl (C=O) groups is 2. The van der Waals surface area contributed by atoms with Crippen LogP contribution in [0.2, 0.25) is 5.02 Å². The fourth-order valence-electron chi connectivity index (χ4n) is 4.85. The number of alkyl carbamates (subject to hydrolysis) is 1. The van der Waals surface area contributed by atoms with E-state index in [2.05, 4.69) is 20.7 Å². The van der Waals surface area contributed by atoms with E-state index < -0.39 is 12.2 Å². The molecule has 1 aliphatic rings. The smallest absolute Gasteiger partial charge is 0.406 e. The van der Waals surface area contributed by atoms with Gasteiger partial charge in [-0.15, -0.1) is 0 Å². The Hall–Kier alpha value is -2.89. The molecule has 3 N–H and O–H groups in total. The van der Waals surface area contributed by atoms with E-state index in [0.717, 1.165) is 38.0 Å². The van der Waals surface area contributed by atoms with E-state index in [4.69, 9.17) is 30.5 Å². The lowest BCUT2D eigenvalue weighted by atomic mass is 9.94. The predicted octanol–water partition coefficient (Wildman–Crippen LogP) is 4.35. The number of benzene rings is 2. The summed E-state index contributed by atoms with van der Waals surface area (Å²) >= 11 is 6.32. The average Bonchev–Trinajstić information content (AvgIpc) is 3.01. The average molecular weight is 606 g/mol. The van der Waals surface area contributed by atoms with Gasteiger partial charge in [0.05, 0.1) is 20.3 Å². The van der Waals surface area contributed by atoms with Gasteiger partial charge >= 0.3 is 6.09 Å². The number of amides is 2. The van der Waals surface area contributed by atoms with Gasteiger partial charge in [0.1, 0.15) is 11.9 Å². The number of methoxy groups -OCH3 is 2. The molecule has 0 bridgehead atoms. The lowest BCUT2D eigenvalue weighted by Gasteiger charge is -2.26. The summed E-state index contributed by atoms with van der Waals surface area (Å²) in [4.78, 5) is 25.0. The number of carbonyl (C=O) groups excluding carboxylic acids is 2. The molecule has 2 aromatic carbocycles. The van der Waals surface area contributed by atoms with E-state index in [9.17, 15) is 9.59 Å². The van der Waals surface area contributed by atoms with Crippen molar-refractivity contribution >= 4 is 23.6 Å². The number of ether oxygens (including phenoxy) is 5. The maximum Gasteiger partial charge on any atom is 0.406 e. The van der Waals surface area contributed by atoms with Crippen LogP contribution in [0.5, 0.6) is 5.75 Å². The Morgan fingerprint density at radius 2 is 1.93 bits per heavy atom. The minimum absolute atomic E-state index is 0.124. The van der Waals surface area contributed by atoms with Gasteiger partial charge in [-0.1, -0.05) is 23.7 Å². The van der Waals surface area contributed by atoms with Gasteiger partial charge in [-0.2, -0.15) is 0 Å². The van der Waals surface area contributed by atoms with E-state index in [1.165, 1.54) is 7.11 Å². The quantitative estimate of drug-likeness (QED) is 0.228. The zero-order valence-corrected chi connectivity index (χ0v) is 25.5. The van der Waals surface area contributed by atoms with Gasteiger partial charge in [-0.3, -0.25) is 4.79 Å². The van der Waals surface area contributed by atoms with Crippen LogP contribution in [0.3, 0.4) is 0 Å². The first-order valence-corrected chi connectivity index (χ1v) is 14.8. The van der Waals surface area contributed by atoms with Crippen LogP contribution in [0, 0.1) is 5.92 Å². The van der Waals surface area contributed by atoms with Crippen LogP contribution in [-0.4, -0.2) is 85.4 Å². The van der Waals surface area contributed by atoms with Crippen molar-refractivity contribution in [3.8, 4) is 5.75 Å². The molecular weight excluding hydrogens is 562 g/mol. The molecule has 232 valence electrons. The fraction of sp³-hybridized carbons (Fsp3) is 0.548. The fourth-order valence-corrected chi connectivity index (χ4v) is 5.05. The first-order chi connectivity index (χ1) is 20.4. The molecule has 1 fully saturated rings. The van der Waals surface area contributed by atoms with Crippen molar-refractivity contribution in [3.63, 3.8) is 0 Å². The normalized spacial score (nSPS) is 16.3. The molecule has 2 aromatic rings. The molecule has 0 aliphatic carbocycles. The molecule has 0 spiro atoms. The highest BCUT2D eigenvalue weighted by atomic mass is 35.5. The molecule has 0 unspecified atom stereocenters. The van der Waals surface area contributed by atoms with Crippen molar-refractivity contribution in [2.75, 3.05) is 67.4 Å². The topological polar surface area (TPSA) is 116 Å². The van der Waals surface area contributed by atoms with Crippen molar-refractivity contribution < 1.29 is 33.3 Å². The van der Waals surface area contributed by atoms with Crippen LogP contribution in [-0.2, 0) is 18.9 Å². The van der Waals surface area contributed by atoms with E-state index in [-0.39, 0.29) is 25.1 Å². The summed E-state index contributed by atoms with van der Waals surface area (Å²) in [6.45, 7) is 3.49. The van der Waals surface area contributed by atoms with E-state index >= 15 is 0 Å². The Morgan fingerprint density at radius 1 is 1.07 bits per heavy atom. The maximum absolute atomic E-state index is 13.5. The molecule has 42 heavy (non-hydrogen) atoms. The van der Waals surface area contributed by atoms with Crippen molar-refractivity contribution in [2.45, 2.75) is 37.8 Å². The molecular formula is C31H44ClN3O7. The monoisotopic (exact) mass is 605 g/mol. The molecule has 0 saturated carbocycles. The number of likely N-dealkylation sites (N-methyl/N-ethyl adjacent to an activating group) is 1. The molecule has 0 aromatic heterocycles. The largest absolute Gasteiger partial charge is 0.493 e. The Labute approximate surface area is 253 Å². The summed E-state index contributed by atoms with van der Waals surface area (Å²) in [7, 11) is 4.86. The van der Waals surface area contributed by atoms with Gasteiger partial charge in [-0.25, -0.2) is 4.79 Å². The number of nitrogens with one attached hydrogen (secondary N) is 3. The summed E-state index contributed by atoms with van der Waals surface area (Å²) in [5, 5.41) is 9.59. The molecule has 1 saturated heterocycles. The minimum atomic E-state index is -0.575. The highest BCUT2D eigenvalue weighted by molar-refractivity contribution is 6.30. The summed E-state index contributed by atoms with van der Waals surface area (Å²) in [5.74, 6) is 0.810. The zero-order valence-electron chi connectivity index (χ0n) is 24.8. The first-order valence-electron chi connectivity index (χ1n) is 14.4. The van der Waals surface area contributed by atoms with Crippen LogP contribution in [0.1, 0.15) is 53.3 Å². The Bertz CT molecular complexity index is 1110. The van der Waals surface area contributed by atoms with Gasteiger partial charge in [0.15, 0.2) is 0 Å². The number of halogens is 1. The summed E-state index contributed by atoms with van der Waals surface area (Å²) in [6.07, 6.45) is 2.71. The second-order valence-electron chi connectivity index (χ2n) is 10.2. The zero-order chi connectivity index (χ0) is 30.2. The van der Waals surface area contributed by atoms with Crippen molar-refractivity contribution in [1.82, 2.24) is 16.0 Å². The molecule has 1 aliphatic heterocycles. The third-order valence-corrected chi connectivity index (χ3v) is 7.27. The van der Waals surface area contributed by atoms with Crippen molar-refractivity contribution in [3.05, 3.63) is 64.2 Å². The van der Waals surface area contributed by atoms with Crippen molar-refractivity contribution in [1.29, 1.82) is 0 Å². The molecule has 0 radical (unpaired) electrons. The van der Waals surface area contributed by atoms with E-state index in [1.807, 2.05) is 31.3 Å². The highest BCUT2D eigenvalue weighted by Gasteiger charge is 2.22. The molecule has 3 rings (SSSR count). The number of hydrogen-bond acceptors (Lipinski definition) is 8. The minimum Gasteiger partial charge on any atom is -0.493 e. The standard InChI is InChI=1S/C31H44ClN3O7/c1-33-27(15-22-7-5-12-40-21-22)20-35-30(36)25-16-24(18-28(19-25)41-13-6-11-38-2)29(23-8-4-9-26(32)17-23)42-14-10-34-31(37)39-3/h4,8-9,16-19,22,27,29,33H,5-7,10-15,20-21H2,1-3H3,(H,34,37)(H,35,36)/t22-,27+,29+/m1/s1. The van der Waals surface area contributed by atoms with Crippen molar-refractivity contribution in [2.24, 2.45) is 5.92 Å². The number of rotatable bonds is 17. The Morgan fingerprint density at radius 3 is 2.64 bits per heavy atom. The highest BCUT2D eigenvalue weighted by Crippen LogP contribution is 2.31. The lowest BCUT2D eigenvalue weighted by molar-refractivity contribution is 0.0478. The van der Waals surface area contributed by atoms with Gasteiger partial charge in [0, 0.05) is 63.1 Å². The van der Waals surface area contributed by atoms with Crippen LogP contribution >= 0.6 is 11.6 Å². The van der Waals surface area contributed by atoms with Gasteiger partial charge in [0.2, 0.25) is 0 Å². The summed E-state index contributed by atoms with van der Waals surface area (Å²) in [5.41, 5.74) is 1.97. The summed E-state index contributed by atoms with van der Waals surface area (Å²) < 4.78 is 27.7. The third-order valence-electron chi connectivity index (χ3n) is 7.04. The Kier molecular flexibility index (Phi) is 14.9. The SMILES string of the molecule is CN[C@H](CNC(=O)c1cc(OCCCOC)cc([C@@H](OCCNC(=O)OC)c2cccc(Cl)c2)c1)C[C@H]1CCCOC1. The Balaban J connectivity index is 1.82. The van der Waals surface area contributed by atoms with Crippen LogP contribution < -0.4 is 20.7 Å². The second-order valence-corrected chi connectivity index (χ2v) is 10.7. The molecule has 10 nitrogen and oxygen atoms in total. The van der Waals surface area contributed by atoms with E-state index in [0.29, 0.717) is 54.0 Å². The molecule has 3 atom stereocenters. The van der Waals surface area contributed by atoms with Crippen LogP contribution in [0.4, 0.5) is 4.79 Å². The third kappa shape index (κ3) is 11.4. The number of hydrogen-bond donors (Lipinski definition) is 3. The van der Waals surface area contributed by atoms with Crippen LogP contribution in [0.25, 0.3) is 0 Å². The first kappa shape index (κ1) is 33.6. The van der Waals surface area contributed by atoms with E-state index in [1.54, 1.807) is 25.3 Å². The van der Waals surface area contributed by atoms with Gasteiger partial charge in [0.25, 0.3) is 5.91 Å². The van der Waals surface area contributed by atoms with Gasteiger partial charge in [-0.05, 0) is 73.7 Å².